The fourth-order valence-corrected chi connectivity index (χ4v) is 3.45. The van der Waals surface area contributed by atoms with E-state index in [0.717, 1.165) is 40.2 Å². The molecule has 1 heterocycles. The second-order valence-electron chi connectivity index (χ2n) is 5.42. The molecule has 0 amide bonds. The van der Waals surface area contributed by atoms with Gasteiger partial charge in [-0.05, 0) is 55.8 Å². The van der Waals surface area contributed by atoms with Crippen LogP contribution in [0.3, 0.4) is 0 Å². The highest BCUT2D eigenvalue weighted by Crippen LogP contribution is 2.27. The Bertz CT molecular complexity index is 816. The van der Waals surface area contributed by atoms with Crippen LogP contribution in [0.5, 0.6) is 5.75 Å². The highest BCUT2D eigenvalue weighted by molar-refractivity contribution is 7.98. The van der Waals surface area contributed by atoms with Gasteiger partial charge < -0.3 is 9.30 Å². The van der Waals surface area contributed by atoms with E-state index in [1.165, 1.54) is 12.1 Å². The monoisotopic (exact) mass is 357 g/mol. The van der Waals surface area contributed by atoms with Gasteiger partial charge in [-0.25, -0.2) is 4.39 Å². The number of rotatable bonds is 7. The quantitative estimate of drug-likeness (QED) is 0.570. The van der Waals surface area contributed by atoms with Crippen LogP contribution in [0.15, 0.2) is 53.7 Å². The van der Waals surface area contributed by atoms with E-state index in [1.807, 2.05) is 31.2 Å². The minimum atomic E-state index is -0.219. The molecule has 0 saturated heterocycles. The van der Waals surface area contributed by atoms with E-state index < -0.39 is 0 Å². The van der Waals surface area contributed by atoms with Gasteiger partial charge in [0, 0.05) is 17.9 Å². The number of halogens is 1. The molecule has 2 aromatic carbocycles. The Labute approximate surface area is 151 Å². The molecule has 25 heavy (non-hydrogen) atoms. The Balaban J connectivity index is 1.77. The molecule has 0 atom stereocenters. The van der Waals surface area contributed by atoms with Crippen molar-refractivity contribution in [2.45, 2.75) is 31.3 Å². The molecule has 0 radical (unpaired) electrons. The van der Waals surface area contributed by atoms with Crippen molar-refractivity contribution >= 4 is 11.8 Å². The summed E-state index contributed by atoms with van der Waals surface area (Å²) < 4.78 is 20.6. The first-order valence-electron chi connectivity index (χ1n) is 8.25. The highest BCUT2D eigenvalue weighted by Gasteiger charge is 2.13. The van der Waals surface area contributed by atoms with Crippen LogP contribution >= 0.6 is 11.8 Å². The first kappa shape index (κ1) is 17.5. The molecule has 0 fully saturated rings. The third-order valence-corrected chi connectivity index (χ3v) is 4.78. The van der Waals surface area contributed by atoms with Crippen LogP contribution in [0, 0.1) is 5.82 Å². The lowest BCUT2D eigenvalue weighted by molar-refractivity contribution is 0.340. The number of ether oxygens (including phenoxy) is 1. The fraction of sp³-hybridized carbons (Fsp3) is 0.263. The molecule has 1 aromatic heterocycles. The summed E-state index contributed by atoms with van der Waals surface area (Å²) in [5.41, 5.74) is 2.06. The first-order valence-corrected chi connectivity index (χ1v) is 9.23. The molecule has 4 nitrogen and oxygen atoms in total. The van der Waals surface area contributed by atoms with Gasteiger partial charge in [-0.3, -0.25) is 0 Å². The molecule has 3 aromatic rings. The minimum absolute atomic E-state index is 0.219. The Morgan fingerprint density at radius 3 is 2.36 bits per heavy atom. The number of aromatic nitrogens is 3. The summed E-state index contributed by atoms with van der Waals surface area (Å²) in [6.07, 6.45) is 0. The largest absolute Gasteiger partial charge is 0.494 e. The third kappa shape index (κ3) is 4.20. The summed E-state index contributed by atoms with van der Waals surface area (Å²) in [7, 11) is 0. The Hall–Kier alpha value is -2.34. The number of nitrogens with zero attached hydrogens (tertiary/aromatic N) is 3. The van der Waals surface area contributed by atoms with Crippen molar-refractivity contribution < 1.29 is 9.13 Å². The average Bonchev–Trinajstić information content (AvgIpc) is 3.05. The van der Waals surface area contributed by atoms with Crippen molar-refractivity contribution in [3.63, 3.8) is 0 Å². The molecular formula is C19H20FN3OS. The number of benzene rings is 2. The van der Waals surface area contributed by atoms with Gasteiger partial charge >= 0.3 is 0 Å². The Kier molecular flexibility index (Phi) is 5.71. The van der Waals surface area contributed by atoms with E-state index >= 15 is 0 Å². The van der Waals surface area contributed by atoms with Gasteiger partial charge in [-0.15, -0.1) is 10.2 Å². The molecule has 0 spiro atoms. The lowest BCUT2D eigenvalue weighted by Crippen LogP contribution is -2.00. The molecule has 6 heteroatoms. The summed E-state index contributed by atoms with van der Waals surface area (Å²) in [5.74, 6) is 2.19. The van der Waals surface area contributed by atoms with Gasteiger partial charge in [0.1, 0.15) is 11.6 Å². The molecule has 3 rings (SSSR count). The first-order chi connectivity index (χ1) is 12.2. The van der Waals surface area contributed by atoms with Crippen LogP contribution in [0.2, 0.25) is 0 Å². The second-order valence-corrected chi connectivity index (χ2v) is 6.37. The van der Waals surface area contributed by atoms with Crippen molar-refractivity contribution in [3.8, 4) is 17.1 Å². The summed E-state index contributed by atoms with van der Waals surface area (Å²) >= 11 is 1.60. The molecule has 0 bridgehead atoms. The van der Waals surface area contributed by atoms with E-state index in [2.05, 4.69) is 21.7 Å². The summed E-state index contributed by atoms with van der Waals surface area (Å²) in [6.45, 7) is 5.46. The predicted molar refractivity (Wildman–Crippen MR) is 98.3 cm³/mol. The molecular weight excluding hydrogens is 337 g/mol. The predicted octanol–water partition coefficient (Wildman–Crippen LogP) is 4.80. The zero-order chi connectivity index (χ0) is 17.6. The van der Waals surface area contributed by atoms with Crippen LogP contribution in [-0.2, 0) is 12.3 Å². The van der Waals surface area contributed by atoms with Crippen molar-refractivity contribution in [1.82, 2.24) is 14.8 Å². The van der Waals surface area contributed by atoms with E-state index in [9.17, 15) is 4.39 Å². The van der Waals surface area contributed by atoms with Gasteiger partial charge in [0.15, 0.2) is 11.0 Å². The third-order valence-electron chi connectivity index (χ3n) is 3.74. The molecule has 0 aliphatic heterocycles. The number of hydrogen-bond acceptors (Lipinski definition) is 4. The number of thioether (sulfide) groups is 1. The normalized spacial score (nSPS) is 10.8. The summed E-state index contributed by atoms with van der Waals surface area (Å²) in [4.78, 5) is 0. The van der Waals surface area contributed by atoms with E-state index in [4.69, 9.17) is 4.74 Å². The lowest BCUT2D eigenvalue weighted by Gasteiger charge is -2.08. The minimum Gasteiger partial charge on any atom is -0.494 e. The van der Waals surface area contributed by atoms with Crippen LogP contribution in [-0.4, -0.2) is 21.4 Å². The van der Waals surface area contributed by atoms with Gasteiger partial charge in [-0.2, -0.15) is 0 Å². The van der Waals surface area contributed by atoms with Gasteiger partial charge in [0.2, 0.25) is 0 Å². The van der Waals surface area contributed by atoms with Crippen molar-refractivity contribution in [3.05, 3.63) is 59.9 Å². The molecule has 0 unspecified atom stereocenters. The smallest absolute Gasteiger partial charge is 0.191 e. The van der Waals surface area contributed by atoms with Crippen LogP contribution in [0.4, 0.5) is 4.39 Å². The lowest BCUT2D eigenvalue weighted by atomic mass is 10.2. The van der Waals surface area contributed by atoms with Gasteiger partial charge in [0.05, 0.1) is 6.61 Å². The Morgan fingerprint density at radius 1 is 1.00 bits per heavy atom. The highest BCUT2D eigenvalue weighted by atomic mass is 32.2. The Morgan fingerprint density at radius 2 is 1.72 bits per heavy atom. The van der Waals surface area contributed by atoms with Crippen LogP contribution in [0.25, 0.3) is 11.4 Å². The molecule has 0 aliphatic rings. The van der Waals surface area contributed by atoms with Crippen molar-refractivity contribution in [1.29, 1.82) is 0 Å². The zero-order valence-electron chi connectivity index (χ0n) is 14.3. The van der Waals surface area contributed by atoms with Gasteiger partial charge in [-0.1, -0.05) is 23.9 Å². The molecule has 0 N–H and O–H groups in total. The summed E-state index contributed by atoms with van der Waals surface area (Å²) in [5, 5.41) is 9.53. The number of hydrogen-bond donors (Lipinski definition) is 0. The maximum atomic E-state index is 13.0. The molecule has 0 aliphatic carbocycles. The SMILES string of the molecule is CCOc1ccc(-c2nnc(SCc3ccc(F)cc3)n2CC)cc1. The maximum Gasteiger partial charge on any atom is 0.191 e. The molecule has 130 valence electrons. The van der Waals surface area contributed by atoms with Gasteiger partial charge in [0.25, 0.3) is 0 Å². The van der Waals surface area contributed by atoms with Crippen LogP contribution < -0.4 is 4.74 Å². The summed E-state index contributed by atoms with van der Waals surface area (Å²) in [6, 6.07) is 14.4. The average molecular weight is 357 g/mol. The second kappa shape index (κ2) is 8.16. The van der Waals surface area contributed by atoms with E-state index in [1.54, 1.807) is 23.9 Å². The fourth-order valence-electron chi connectivity index (χ4n) is 2.49. The standard InChI is InChI=1S/C19H20FN3OS/c1-3-23-18(15-7-11-17(12-8-15)24-4-2)21-22-19(23)25-13-14-5-9-16(20)10-6-14/h5-12H,3-4,13H2,1-2H3. The van der Waals surface area contributed by atoms with Crippen LogP contribution in [0.1, 0.15) is 19.4 Å². The van der Waals surface area contributed by atoms with Crippen molar-refractivity contribution in [2.75, 3.05) is 6.61 Å². The van der Waals surface area contributed by atoms with E-state index in [-0.39, 0.29) is 5.82 Å². The molecule has 0 saturated carbocycles. The van der Waals surface area contributed by atoms with E-state index in [0.29, 0.717) is 6.61 Å². The maximum absolute atomic E-state index is 13.0. The zero-order valence-corrected chi connectivity index (χ0v) is 15.1. The van der Waals surface area contributed by atoms with Crippen molar-refractivity contribution in [2.24, 2.45) is 0 Å². The topological polar surface area (TPSA) is 39.9 Å².